The lowest BCUT2D eigenvalue weighted by molar-refractivity contribution is 0.0539. The minimum atomic E-state index is -0.373. The molecule has 1 fully saturated rings. The Morgan fingerprint density at radius 1 is 1.23 bits per heavy atom. The van der Waals surface area contributed by atoms with Gasteiger partial charge in [0.25, 0.3) is 5.91 Å². The summed E-state index contributed by atoms with van der Waals surface area (Å²) >= 11 is 0. The molecule has 0 unspecified atom stereocenters. The Hall–Kier alpha value is -3.29. The summed E-state index contributed by atoms with van der Waals surface area (Å²) in [6.07, 6.45) is 6.39. The Bertz CT molecular complexity index is 1000. The fraction of sp³-hybridized carbons (Fsp3) is 0.364. The van der Waals surface area contributed by atoms with Crippen molar-refractivity contribution in [2.45, 2.75) is 32.7 Å². The number of pyridine rings is 1. The Morgan fingerprint density at radius 2 is 2.03 bits per heavy atom. The molecule has 156 valence electrons. The van der Waals surface area contributed by atoms with Crippen LogP contribution in [-0.4, -0.2) is 49.9 Å². The lowest BCUT2D eigenvalue weighted by Crippen LogP contribution is -2.51. The van der Waals surface area contributed by atoms with E-state index in [0.29, 0.717) is 36.1 Å². The van der Waals surface area contributed by atoms with E-state index in [9.17, 15) is 9.18 Å². The molecule has 1 saturated heterocycles. The zero-order valence-corrected chi connectivity index (χ0v) is 17.1. The van der Waals surface area contributed by atoms with Crippen LogP contribution in [0.3, 0.4) is 0 Å². The van der Waals surface area contributed by atoms with Crippen LogP contribution in [0, 0.1) is 18.7 Å². The maximum Gasteiger partial charge on any atom is 0.256 e. The summed E-state index contributed by atoms with van der Waals surface area (Å²) in [5, 5.41) is 11.7. The first-order chi connectivity index (χ1) is 14.5. The first kappa shape index (κ1) is 20.0. The third kappa shape index (κ3) is 4.17. The normalized spacial score (nSPS) is 19.0. The van der Waals surface area contributed by atoms with Gasteiger partial charge in [-0.15, -0.1) is 0 Å². The number of aryl methyl sites for hydroxylation is 1. The molecule has 0 spiro atoms. The molecule has 1 aliphatic heterocycles. The molecule has 4 rings (SSSR count). The van der Waals surface area contributed by atoms with Crippen LogP contribution < -0.4 is 5.32 Å². The minimum Gasteiger partial charge on any atom is -0.368 e. The van der Waals surface area contributed by atoms with E-state index in [-0.39, 0.29) is 17.8 Å². The first-order valence-corrected chi connectivity index (χ1v) is 10.2. The first-order valence-electron chi connectivity index (χ1n) is 10.2. The van der Waals surface area contributed by atoms with Crippen molar-refractivity contribution in [3.8, 4) is 5.69 Å². The average Bonchev–Trinajstić information content (AvgIpc) is 3.28. The van der Waals surface area contributed by atoms with E-state index in [1.165, 1.54) is 17.1 Å². The highest BCUT2D eigenvalue weighted by molar-refractivity contribution is 5.98. The molecule has 2 aromatic heterocycles. The largest absolute Gasteiger partial charge is 0.368 e. The van der Waals surface area contributed by atoms with Crippen LogP contribution in [0.1, 0.15) is 35.7 Å². The fourth-order valence-electron chi connectivity index (χ4n) is 3.99. The highest BCUT2D eigenvalue weighted by Crippen LogP contribution is 2.27. The van der Waals surface area contributed by atoms with Crippen LogP contribution in [0.2, 0.25) is 0 Å². The zero-order valence-electron chi connectivity index (χ0n) is 17.1. The molecule has 0 saturated carbocycles. The molecule has 3 aromatic rings. The van der Waals surface area contributed by atoms with E-state index >= 15 is 0 Å². The molecular weight excluding hydrogens is 383 g/mol. The summed E-state index contributed by atoms with van der Waals surface area (Å²) in [5.41, 5.74) is 2.26. The second kappa shape index (κ2) is 8.61. The van der Waals surface area contributed by atoms with Gasteiger partial charge in [0.05, 0.1) is 35.9 Å². The van der Waals surface area contributed by atoms with Crippen molar-refractivity contribution in [2.75, 3.05) is 18.4 Å². The fourth-order valence-corrected chi connectivity index (χ4v) is 3.99. The molecule has 8 heteroatoms. The van der Waals surface area contributed by atoms with Crippen molar-refractivity contribution in [3.63, 3.8) is 0 Å². The monoisotopic (exact) mass is 408 g/mol. The number of carbonyl (C=O) groups excluding carboxylic acids is 1. The molecule has 7 nitrogen and oxygen atoms in total. The smallest absolute Gasteiger partial charge is 0.256 e. The molecular formula is C22H25FN6O. The number of benzene rings is 1. The number of amides is 1. The molecule has 1 aliphatic rings. The molecule has 1 N–H and O–H groups in total. The van der Waals surface area contributed by atoms with Crippen molar-refractivity contribution >= 4 is 11.7 Å². The van der Waals surface area contributed by atoms with Crippen molar-refractivity contribution in [1.82, 2.24) is 24.9 Å². The number of halogens is 1. The van der Waals surface area contributed by atoms with Gasteiger partial charge >= 0.3 is 0 Å². The van der Waals surface area contributed by atoms with Gasteiger partial charge in [0.1, 0.15) is 11.6 Å². The van der Waals surface area contributed by atoms with Gasteiger partial charge in [-0.3, -0.25) is 4.79 Å². The molecule has 0 aliphatic carbocycles. The third-order valence-corrected chi connectivity index (χ3v) is 5.61. The molecule has 0 bridgehead atoms. The predicted molar refractivity (Wildman–Crippen MR) is 112 cm³/mol. The number of anilines is 1. The quantitative estimate of drug-likeness (QED) is 0.700. The highest BCUT2D eigenvalue weighted by atomic mass is 19.1. The van der Waals surface area contributed by atoms with Gasteiger partial charge in [-0.1, -0.05) is 18.6 Å². The predicted octanol–water partition coefficient (Wildman–Crippen LogP) is 3.46. The summed E-state index contributed by atoms with van der Waals surface area (Å²) in [4.78, 5) is 21.1. The number of aromatic nitrogens is 4. The number of nitrogens with zero attached hydrogens (tertiary/aromatic N) is 5. The van der Waals surface area contributed by atoms with Crippen molar-refractivity contribution < 1.29 is 9.18 Å². The second-order valence-electron chi connectivity index (χ2n) is 7.77. The third-order valence-electron chi connectivity index (χ3n) is 5.61. The number of rotatable bonds is 5. The number of hydrogen-bond acceptors (Lipinski definition) is 5. The number of likely N-dealkylation sites (tertiary alicyclic amines) is 1. The zero-order chi connectivity index (χ0) is 21.1. The van der Waals surface area contributed by atoms with E-state index in [1.807, 2.05) is 30.0 Å². The number of carbonyl (C=O) groups is 1. The Kier molecular flexibility index (Phi) is 5.74. The lowest BCUT2D eigenvalue weighted by atomic mass is 9.89. The summed E-state index contributed by atoms with van der Waals surface area (Å²) in [7, 11) is 0. The summed E-state index contributed by atoms with van der Waals surface area (Å²) in [6, 6.07) is 8.71. The van der Waals surface area contributed by atoms with Crippen LogP contribution in [0.25, 0.3) is 5.69 Å². The highest BCUT2D eigenvalue weighted by Gasteiger charge is 2.33. The van der Waals surface area contributed by atoms with Gasteiger partial charge in [-0.25, -0.2) is 9.37 Å². The Morgan fingerprint density at radius 3 is 2.77 bits per heavy atom. The Balaban J connectivity index is 1.60. The molecule has 1 aromatic carbocycles. The van der Waals surface area contributed by atoms with Crippen LogP contribution in [0.4, 0.5) is 10.2 Å². The minimum absolute atomic E-state index is 0.00274. The van der Waals surface area contributed by atoms with Crippen molar-refractivity contribution in [2.24, 2.45) is 5.92 Å². The van der Waals surface area contributed by atoms with Gasteiger partial charge in [-0.05, 0) is 49.9 Å². The standard InChI is InChI=1S/C22H25FN6O/c1-15-5-7-19(29-26-9-10-27-29)18(12-15)22(30)28-11-3-4-16(2)20(28)14-25-21-8-6-17(23)13-24-21/h5-10,12-13,16,20H,3-4,11,14H2,1-2H3,(H,24,25)/t16-,20-/m1/s1. The van der Waals surface area contributed by atoms with Crippen LogP contribution in [0.5, 0.6) is 0 Å². The average molecular weight is 408 g/mol. The van der Waals surface area contributed by atoms with Crippen molar-refractivity contribution in [3.05, 3.63) is 65.9 Å². The van der Waals surface area contributed by atoms with Gasteiger partial charge < -0.3 is 10.2 Å². The number of nitrogens with one attached hydrogen (secondary N) is 1. The SMILES string of the molecule is Cc1ccc(-n2nccn2)c(C(=O)N2CCC[C@@H](C)[C@H]2CNc2ccc(F)cn2)c1. The van der Waals surface area contributed by atoms with Crippen LogP contribution in [0.15, 0.2) is 48.9 Å². The summed E-state index contributed by atoms with van der Waals surface area (Å²) < 4.78 is 13.1. The summed E-state index contributed by atoms with van der Waals surface area (Å²) in [5.74, 6) is 0.518. The maximum absolute atomic E-state index is 13.6. The molecule has 3 heterocycles. The van der Waals surface area contributed by atoms with Crippen molar-refractivity contribution in [1.29, 1.82) is 0 Å². The van der Waals surface area contributed by atoms with Gasteiger partial charge in [-0.2, -0.15) is 15.0 Å². The molecule has 30 heavy (non-hydrogen) atoms. The van der Waals surface area contributed by atoms with Crippen LogP contribution >= 0.6 is 0 Å². The van der Waals surface area contributed by atoms with E-state index in [1.54, 1.807) is 18.5 Å². The number of hydrogen-bond donors (Lipinski definition) is 1. The molecule has 0 radical (unpaired) electrons. The van der Waals surface area contributed by atoms with Gasteiger partial charge in [0.15, 0.2) is 0 Å². The van der Waals surface area contributed by atoms with E-state index in [2.05, 4.69) is 27.4 Å². The summed E-state index contributed by atoms with van der Waals surface area (Å²) in [6.45, 7) is 5.37. The molecule has 2 atom stereocenters. The number of piperidine rings is 1. The maximum atomic E-state index is 13.6. The Labute approximate surface area is 174 Å². The van der Waals surface area contributed by atoms with E-state index < -0.39 is 0 Å². The van der Waals surface area contributed by atoms with Gasteiger partial charge in [0, 0.05) is 13.1 Å². The molecule has 1 amide bonds. The topological polar surface area (TPSA) is 75.9 Å². The second-order valence-corrected chi connectivity index (χ2v) is 7.77. The van der Waals surface area contributed by atoms with Gasteiger partial charge in [0.2, 0.25) is 0 Å². The van der Waals surface area contributed by atoms with E-state index in [0.717, 1.165) is 18.4 Å². The lowest BCUT2D eigenvalue weighted by Gasteiger charge is -2.40. The van der Waals surface area contributed by atoms with Crippen LogP contribution in [-0.2, 0) is 0 Å². The van der Waals surface area contributed by atoms with E-state index in [4.69, 9.17) is 0 Å².